The molecule has 0 spiro atoms. The fraction of sp³-hybridized carbons (Fsp3) is 0.737. The number of carbonyl (C=O) groups is 2. The van der Waals surface area contributed by atoms with E-state index in [-0.39, 0.29) is 23.8 Å². The van der Waals surface area contributed by atoms with Crippen LogP contribution in [0.5, 0.6) is 0 Å². The van der Waals surface area contributed by atoms with Gasteiger partial charge in [0.15, 0.2) is 5.69 Å². The van der Waals surface area contributed by atoms with Gasteiger partial charge in [0.1, 0.15) is 0 Å². The summed E-state index contributed by atoms with van der Waals surface area (Å²) in [5, 5.41) is 13.5. The van der Waals surface area contributed by atoms with Crippen LogP contribution in [0.25, 0.3) is 0 Å². The first kappa shape index (κ1) is 18.0. The van der Waals surface area contributed by atoms with E-state index in [4.69, 9.17) is 5.11 Å². The second kappa shape index (κ2) is 6.81. The third kappa shape index (κ3) is 4.22. The Hall–Kier alpha value is -1.85. The van der Waals surface area contributed by atoms with E-state index in [0.29, 0.717) is 24.6 Å². The number of carbonyl (C=O) groups excluding carboxylic acids is 1. The molecule has 1 aliphatic heterocycles. The van der Waals surface area contributed by atoms with Gasteiger partial charge >= 0.3 is 5.97 Å². The van der Waals surface area contributed by atoms with Crippen LogP contribution in [0.4, 0.5) is 0 Å². The lowest BCUT2D eigenvalue weighted by atomic mass is 9.93. The molecule has 0 radical (unpaired) electrons. The van der Waals surface area contributed by atoms with Crippen molar-refractivity contribution >= 4 is 11.9 Å². The van der Waals surface area contributed by atoms with E-state index in [1.807, 2.05) is 15.6 Å². The third-order valence-corrected chi connectivity index (χ3v) is 5.16. The summed E-state index contributed by atoms with van der Waals surface area (Å²) < 4.78 is 2.02. The van der Waals surface area contributed by atoms with Crippen LogP contribution in [0.1, 0.15) is 81.4 Å². The summed E-state index contributed by atoms with van der Waals surface area (Å²) in [6, 6.07) is 1.98. The zero-order valence-corrected chi connectivity index (χ0v) is 15.5. The maximum atomic E-state index is 13.0. The molecule has 6 nitrogen and oxygen atoms in total. The summed E-state index contributed by atoms with van der Waals surface area (Å²) >= 11 is 0. The van der Waals surface area contributed by atoms with Crippen LogP contribution in [0.15, 0.2) is 6.07 Å². The molecular weight excluding hydrogens is 318 g/mol. The normalized spacial score (nSPS) is 21.4. The van der Waals surface area contributed by atoms with Crippen LogP contribution in [0.2, 0.25) is 0 Å². The van der Waals surface area contributed by atoms with Crippen LogP contribution in [-0.2, 0) is 10.3 Å². The Balaban J connectivity index is 1.73. The predicted molar refractivity (Wildman–Crippen MR) is 94.7 cm³/mol. The lowest BCUT2D eigenvalue weighted by Gasteiger charge is -2.32. The monoisotopic (exact) mass is 347 g/mol. The number of aliphatic carboxylic acids is 1. The topological polar surface area (TPSA) is 75.4 Å². The Morgan fingerprint density at radius 2 is 2.00 bits per heavy atom. The van der Waals surface area contributed by atoms with Gasteiger partial charge in [-0.15, -0.1) is 0 Å². The third-order valence-electron chi connectivity index (χ3n) is 5.16. The van der Waals surface area contributed by atoms with Crippen molar-refractivity contribution in [3.8, 4) is 0 Å². The van der Waals surface area contributed by atoms with Gasteiger partial charge in [-0.05, 0) is 64.9 Å². The van der Waals surface area contributed by atoms with E-state index < -0.39 is 5.97 Å². The van der Waals surface area contributed by atoms with Gasteiger partial charge in [0, 0.05) is 31.1 Å². The number of hydrogen-bond donors (Lipinski definition) is 1. The zero-order valence-electron chi connectivity index (χ0n) is 15.5. The minimum Gasteiger partial charge on any atom is -0.481 e. The molecule has 2 fully saturated rings. The number of hydrogen-bond acceptors (Lipinski definition) is 3. The Morgan fingerprint density at radius 1 is 1.28 bits per heavy atom. The fourth-order valence-corrected chi connectivity index (χ4v) is 3.68. The molecule has 1 aliphatic carbocycles. The molecule has 1 saturated carbocycles. The molecule has 1 aromatic rings. The first-order chi connectivity index (χ1) is 11.8. The quantitative estimate of drug-likeness (QED) is 0.887. The maximum Gasteiger partial charge on any atom is 0.303 e. The number of aromatic nitrogens is 2. The summed E-state index contributed by atoms with van der Waals surface area (Å²) in [7, 11) is 0. The second-order valence-electron chi connectivity index (χ2n) is 8.50. The number of piperidine rings is 1. The van der Waals surface area contributed by atoms with E-state index in [2.05, 4.69) is 25.9 Å². The fourth-order valence-electron chi connectivity index (χ4n) is 3.68. The van der Waals surface area contributed by atoms with Gasteiger partial charge in [0.05, 0.1) is 5.54 Å². The number of amides is 1. The molecule has 1 amide bonds. The van der Waals surface area contributed by atoms with E-state index in [9.17, 15) is 9.59 Å². The van der Waals surface area contributed by atoms with Gasteiger partial charge in [-0.1, -0.05) is 0 Å². The van der Waals surface area contributed by atoms with Crippen molar-refractivity contribution in [1.29, 1.82) is 0 Å². The second-order valence-corrected chi connectivity index (χ2v) is 8.50. The Kier molecular flexibility index (Phi) is 4.89. The summed E-state index contributed by atoms with van der Waals surface area (Å²) in [5.41, 5.74) is 1.58. The van der Waals surface area contributed by atoms with Crippen molar-refractivity contribution in [2.75, 3.05) is 13.1 Å². The molecule has 0 bridgehead atoms. The summed E-state index contributed by atoms with van der Waals surface area (Å²) in [4.78, 5) is 25.6. The van der Waals surface area contributed by atoms with Crippen LogP contribution in [0, 0.1) is 5.92 Å². The van der Waals surface area contributed by atoms with Crippen molar-refractivity contribution in [2.24, 2.45) is 5.92 Å². The highest BCUT2D eigenvalue weighted by molar-refractivity contribution is 5.92. The highest BCUT2D eigenvalue weighted by Crippen LogP contribution is 2.42. The molecular formula is C19H29N3O3. The smallest absolute Gasteiger partial charge is 0.303 e. The lowest BCUT2D eigenvalue weighted by molar-refractivity contribution is -0.137. The van der Waals surface area contributed by atoms with Crippen molar-refractivity contribution in [1.82, 2.24) is 14.7 Å². The van der Waals surface area contributed by atoms with Crippen molar-refractivity contribution < 1.29 is 14.7 Å². The number of carboxylic acid groups (broad SMARTS) is 1. The summed E-state index contributed by atoms with van der Waals surface area (Å²) in [6.45, 7) is 7.73. The molecule has 2 aliphatic rings. The van der Waals surface area contributed by atoms with Crippen molar-refractivity contribution in [2.45, 2.75) is 70.8 Å². The predicted octanol–water partition coefficient (Wildman–Crippen LogP) is 3.23. The zero-order chi connectivity index (χ0) is 18.2. The maximum absolute atomic E-state index is 13.0. The van der Waals surface area contributed by atoms with Crippen LogP contribution < -0.4 is 0 Å². The molecule has 1 aromatic heterocycles. The Morgan fingerprint density at radius 3 is 2.60 bits per heavy atom. The van der Waals surface area contributed by atoms with E-state index in [1.54, 1.807) is 0 Å². The van der Waals surface area contributed by atoms with E-state index in [0.717, 1.165) is 19.4 Å². The molecule has 138 valence electrons. The van der Waals surface area contributed by atoms with Crippen molar-refractivity contribution in [3.63, 3.8) is 0 Å². The van der Waals surface area contributed by atoms with Gasteiger partial charge in [-0.3, -0.25) is 14.3 Å². The van der Waals surface area contributed by atoms with Crippen LogP contribution in [-0.4, -0.2) is 44.8 Å². The van der Waals surface area contributed by atoms with E-state index >= 15 is 0 Å². The lowest BCUT2D eigenvalue weighted by Crippen LogP contribution is -2.40. The molecule has 0 unspecified atom stereocenters. The number of nitrogens with zero attached hydrogens (tertiary/aromatic N) is 3. The SMILES string of the molecule is CC(C)(C)n1nc(C(=O)N2CCC[C@@H](CCC(=O)O)C2)cc1C1CC1. The van der Waals surface area contributed by atoms with E-state index in [1.165, 1.54) is 18.5 Å². The highest BCUT2D eigenvalue weighted by Gasteiger charge is 2.34. The highest BCUT2D eigenvalue weighted by atomic mass is 16.4. The minimum absolute atomic E-state index is 0.00933. The standard InChI is InChI=1S/C19H29N3O3/c1-19(2,3)22-16(14-7-8-14)11-15(20-22)18(25)21-10-4-5-13(12-21)6-9-17(23)24/h11,13-14H,4-10,12H2,1-3H3,(H,23,24)/t13-/m0/s1. The average Bonchev–Trinajstić information content (AvgIpc) is 3.29. The summed E-state index contributed by atoms with van der Waals surface area (Å²) in [5.74, 6) is 0.0470. The molecule has 0 aromatic carbocycles. The first-order valence-electron chi connectivity index (χ1n) is 9.37. The average molecular weight is 347 g/mol. The van der Waals surface area contributed by atoms with Gasteiger partial charge in [0.25, 0.3) is 5.91 Å². The largest absolute Gasteiger partial charge is 0.481 e. The van der Waals surface area contributed by atoms with Gasteiger partial charge in [-0.2, -0.15) is 5.10 Å². The Labute approximate surface area is 149 Å². The van der Waals surface area contributed by atoms with Gasteiger partial charge < -0.3 is 10.0 Å². The van der Waals surface area contributed by atoms with Crippen LogP contribution >= 0.6 is 0 Å². The molecule has 3 rings (SSSR count). The molecule has 2 heterocycles. The molecule has 25 heavy (non-hydrogen) atoms. The van der Waals surface area contributed by atoms with Crippen LogP contribution in [0.3, 0.4) is 0 Å². The summed E-state index contributed by atoms with van der Waals surface area (Å²) in [6.07, 6.45) is 5.11. The minimum atomic E-state index is -0.763. The Bertz CT molecular complexity index is 655. The number of likely N-dealkylation sites (tertiary alicyclic amines) is 1. The van der Waals surface area contributed by atoms with Gasteiger partial charge in [0.2, 0.25) is 0 Å². The molecule has 1 N–H and O–H groups in total. The number of rotatable bonds is 5. The first-order valence-corrected chi connectivity index (χ1v) is 9.37. The molecule has 1 saturated heterocycles. The molecule has 1 atom stereocenters. The number of carboxylic acids is 1. The molecule has 6 heteroatoms. The van der Waals surface area contributed by atoms with Gasteiger partial charge in [-0.25, -0.2) is 0 Å². The van der Waals surface area contributed by atoms with Crippen molar-refractivity contribution in [3.05, 3.63) is 17.5 Å².